The first-order valence-corrected chi connectivity index (χ1v) is 5.27. The Morgan fingerprint density at radius 2 is 2.33 bits per heavy atom. The third kappa shape index (κ3) is 2.22. The van der Waals surface area contributed by atoms with Crippen molar-refractivity contribution in [2.24, 2.45) is 0 Å². The summed E-state index contributed by atoms with van der Waals surface area (Å²) in [7, 11) is 1.92. The standard InChI is InChI=1S/C12H13ClN2/c1-14-5-2-3-9-7-10-4-6-15-12(10)8-11(9)13/h2-4,6-8,14-15H,5H2,1H3. The van der Waals surface area contributed by atoms with Gasteiger partial charge in [0.25, 0.3) is 0 Å². The molecule has 2 nitrogen and oxygen atoms in total. The van der Waals surface area contributed by atoms with Crippen LogP contribution in [0.25, 0.3) is 17.0 Å². The molecule has 0 aliphatic rings. The van der Waals surface area contributed by atoms with Crippen LogP contribution < -0.4 is 5.32 Å². The third-order valence-electron chi connectivity index (χ3n) is 2.29. The van der Waals surface area contributed by atoms with Crippen LogP contribution in [-0.2, 0) is 0 Å². The maximum Gasteiger partial charge on any atom is 0.0499 e. The molecule has 0 radical (unpaired) electrons. The molecule has 2 aromatic rings. The number of hydrogen-bond donors (Lipinski definition) is 2. The van der Waals surface area contributed by atoms with Crippen LogP contribution in [0.3, 0.4) is 0 Å². The molecule has 0 fully saturated rings. The van der Waals surface area contributed by atoms with E-state index in [0.29, 0.717) is 0 Å². The average Bonchev–Trinajstić information content (AvgIpc) is 2.65. The molecule has 0 spiro atoms. The molecule has 0 bridgehead atoms. The molecule has 0 amide bonds. The fourth-order valence-electron chi connectivity index (χ4n) is 1.52. The lowest BCUT2D eigenvalue weighted by molar-refractivity contribution is 0.922. The van der Waals surface area contributed by atoms with E-state index in [2.05, 4.69) is 22.4 Å². The van der Waals surface area contributed by atoms with Crippen LogP contribution in [0.15, 0.2) is 30.5 Å². The molecule has 1 aromatic heterocycles. The Kier molecular flexibility index (Phi) is 3.09. The topological polar surface area (TPSA) is 27.8 Å². The molecule has 0 unspecified atom stereocenters. The molecule has 0 saturated heterocycles. The lowest BCUT2D eigenvalue weighted by Gasteiger charge is -1.99. The van der Waals surface area contributed by atoms with Gasteiger partial charge in [-0.25, -0.2) is 0 Å². The highest BCUT2D eigenvalue weighted by molar-refractivity contribution is 6.32. The van der Waals surface area contributed by atoms with E-state index >= 15 is 0 Å². The number of aromatic amines is 1. The third-order valence-corrected chi connectivity index (χ3v) is 2.62. The van der Waals surface area contributed by atoms with Crippen molar-refractivity contribution in [3.8, 4) is 0 Å². The van der Waals surface area contributed by atoms with Crippen molar-refractivity contribution in [1.82, 2.24) is 10.3 Å². The Morgan fingerprint density at radius 3 is 3.13 bits per heavy atom. The van der Waals surface area contributed by atoms with Crippen molar-refractivity contribution >= 4 is 28.6 Å². The Bertz CT molecular complexity index is 485. The molecule has 2 rings (SSSR count). The minimum absolute atomic E-state index is 0.775. The first-order valence-electron chi connectivity index (χ1n) is 4.89. The lowest BCUT2D eigenvalue weighted by atomic mass is 10.1. The maximum absolute atomic E-state index is 6.15. The van der Waals surface area contributed by atoms with E-state index in [4.69, 9.17) is 11.6 Å². The van der Waals surface area contributed by atoms with E-state index in [1.165, 1.54) is 5.39 Å². The minimum atomic E-state index is 0.775. The van der Waals surface area contributed by atoms with Crippen molar-refractivity contribution < 1.29 is 0 Å². The highest BCUT2D eigenvalue weighted by Crippen LogP contribution is 2.24. The van der Waals surface area contributed by atoms with Gasteiger partial charge in [0, 0.05) is 28.7 Å². The second-order valence-electron chi connectivity index (χ2n) is 3.40. The van der Waals surface area contributed by atoms with Crippen LogP contribution in [0.2, 0.25) is 5.02 Å². The second kappa shape index (κ2) is 4.51. The average molecular weight is 221 g/mol. The van der Waals surface area contributed by atoms with Gasteiger partial charge in [0.05, 0.1) is 0 Å². The number of nitrogens with one attached hydrogen (secondary N) is 2. The SMILES string of the molecule is CNCC=Cc1cc2cc[nH]c2cc1Cl. The van der Waals surface area contributed by atoms with Crippen molar-refractivity contribution in [2.75, 3.05) is 13.6 Å². The van der Waals surface area contributed by atoms with Gasteiger partial charge in [-0.05, 0) is 30.8 Å². The van der Waals surface area contributed by atoms with Gasteiger partial charge in [-0.15, -0.1) is 0 Å². The number of benzene rings is 1. The molecule has 0 aliphatic carbocycles. The van der Waals surface area contributed by atoms with Gasteiger partial charge in [-0.2, -0.15) is 0 Å². The fourth-order valence-corrected chi connectivity index (χ4v) is 1.75. The first-order chi connectivity index (χ1) is 7.31. The Hall–Kier alpha value is -1.25. The zero-order chi connectivity index (χ0) is 10.7. The quantitative estimate of drug-likeness (QED) is 0.818. The zero-order valence-electron chi connectivity index (χ0n) is 8.55. The normalized spacial score (nSPS) is 11.6. The molecule has 1 heterocycles. The van der Waals surface area contributed by atoms with E-state index in [9.17, 15) is 0 Å². The molecule has 0 saturated carbocycles. The minimum Gasteiger partial charge on any atom is -0.361 e. The molecule has 2 N–H and O–H groups in total. The lowest BCUT2D eigenvalue weighted by Crippen LogP contribution is -2.03. The van der Waals surface area contributed by atoms with Gasteiger partial charge in [0.15, 0.2) is 0 Å². The number of aromatic nitrogens is 1. The van der Waals surface area contributed by atoms with E-state index in [0.717, 1.165) is 22.6 Å². The predicted molar refractivity (Wildman–Crippen MR) is 66.3 cm³/mol. The monoisotopic (exact) mass is 220 g/mol. The summed E-state index contributed by atoms with van der Waals surface area (Å²) in [5, 5.41) is 5.01. The highest BCUT2D eigenvalue weighted by atomic mass is 35.5. The highest BCUT2D eigenvalue weighted by Gasteiger charge is 2.00. The zero-order valence-corrected chi connectivity index (χ0v) is 9.31. The fraction of sp³-hybridized carbons (Fsp3) is 0.167. The maximum atomic E-state index is 6.15. The van der Waals surface area contributed by atoms with Gasteiger partial charge >= 0.3 is 0 Å². The van der Waals surface area contributed by atoms with Crippen LogP contribution >= 0.6 is 11.6 Å². The van der Waals surface area contributed by atoms with Crippen molar-refractivity contribution in [1.29, 1.82) is 0 Å². The molecule has 3 heteroatoms. The van der Waals surface area contributed by atoms with Crippen LogP contribution in [0.4, 0.5) is 0 Å². The van der Waals surface area contributed by atoms with Crippen LogP contribution in [0, 0.1) is 0 Å². The Labute approximate surface area is 93.9 Å². The van der Waals surface area contributed by atoms with Gasteiger partial charge in [-0.3, -0.25) is 0 Å². The molecule has 0 atom stereocenters. The molecule has 78 valence electrons. The number of likely N-dealkylation sites (N-methyl/N-ethyl adjacent to an activating group) is 1. The summed E-state index contributed by atoms with van der Waals surface area (Å²) in [5.74, 6) is 0. The van der Waals surface area contributed by atoms with Gasteiger partial charge in [0.1, 0.15) is 0 Å². The van der Waals surface area contributed by atoms with Crippen molar-refractivity contribution in [2.45, 2.75) is 0 Å². The molecule has 0 aliphatic heterocycles. The number of halogens is 1. The van der Waals surface area contributed by atoms with Crippen molar-refractivity contribution in [3.63, 3.8) is 0 Å². The molecule has 15 heavy (non-hydrogen) atoms. The summed E-state index contributed by atoms with van der Waals surface area (Å²) in [5.41, 5.74) is 2.13. The molecular weight excluding hydrogens is 208 g/mol. The summed E-state index contributed by atoms with van der Waals surface area (Å²) in [6.45, 7) is 0.849. The van der Waals surface area contributed by atoms with E-state index < -0.39 is 0 Å². The van der Waals surface area contributed by atoms with Gasteiger partial charge in [-0.1, -0.05) is 23.8 Å². The van der Waals surface area contributed by atoms with E-state index in [-0.39, 0.29) is 0 Å². The molecule has 1 aromatic carbocycles. The number of H-pyrrole nitrogens is 1. The van der Waals surface area contributed by atoms with Gasteiger partial charge in [0.2, 0.25) is 0 Å². The first kappa shape index (κ1) is 10.3. The number of rotatable bonds is 3. The van der Waals surface area contributed by atoms with E-state index in [1.54, 1.807) is 0 Å². The largest absolute Gasteiger partial charge is 0.361 e. The van der Waals surface area contributed by atoms with E-state index in [1.807, 2.05) is 31.5 Å². The Balaban J connectivity index is 2.37. The summed E-state index contributed by atoms with van der Waals surface area (Å²) in [6, 6.07) is 6.08. The number of hydrogen-bond acceptors (Lipinski definition) is 1. The number of fused-ring (bicyclic) bond motifs is 1. The predicted octanol–water partition coefficient (Wildman–Crippen LogP) is 3.05. The van der Waals surface area contributed by atoms with Crippen molar-refractivity contribution in [3.05, 3.63) is 41.1 Å². The summed E-state index contributed by atoms with van der Waals surface area (Å²) in [6.07, 6.45) is 6.01. The smallest absolute Gasteiger partial charge is 0.0499 e. The molecular formula is C12H13ClN2. The van der Waals surface area contributed by atoms with Crippen LogP contribution in [-0.4, -0.2) is 18.6 Å². The Morgan fingerprint density at radius 1 is 1.47 bits per heavy atom. The summed E-state index contributed by atoms with van der Waals surface area (Å²) >= 11 is 6.15. The van der Waals surface area contributed by atoms with Crippen LogP contribution in [0.5, 0.6) is 0 Å². The second-order valence-corrected chi connectivity index (χ2v) is 3.81. The summed E-state index contributed by atoms with van der Waals surface area (Å²) in [4.78, 5) is 3.13. The van der Waals surface area contributed by atoms with Crippen LogP contribution in [0.1, 0.15) is 5.56 Å². The summed E-state index contributed by atoms with van der Waals surface area (Å²) < 4.78 is 0. The van der Waals surface area contributed by atoms with Gasteiger partial charge < -0.3 is 10.3 Å².